The SMILES string of the molecule is CCCCCCC(=O)C[C@@H](SC[C@H](NC(C)=O)C(=O)O)c1ccccc1Cl. The molecular weight excluding hydrogens is 386 g/mol. The molecule has 2 N–H and O–H groups in total. The van der Waals surface area contributed by atoms with Crippen molar-refractivity contribution in [3.05, 3.63) is 34.9 Å². The van der Waals surface area contributed by atoms with Crippen molar-refractivity contribution in [3.8, 4) is 0 Å². The molecule has 0 spiro atoms. The Balaban J connectivity index is 2.79. The third-order valence-electron chi connectivity index (χ3n) is 4.11. The number of hydrogen-bond acceptors (Lipinski definition) is 4. The average Bonchev–Trinajstić information content (AvgIpc) is 2.61. The van der Waals surface area contributed by atoms with E-state index in [1.807, 2.05) is 18.2 Å². The zero-order valence-electron chi connectivity index (χ0n) is 15.9. The van der Waals surface area contributed by atoms with Crippen LogP contribution in [-0.2, 0) is 14.4 Å². The summed E-state index contributed by atoms with van der Waals surface area (Å²) in [6.45, 7) is 3.41. The summed E-state index contributed by atoms with van der Waals surface area (Å²) in [5.41, 5.74) is 0.818. The lowest BCUT2D eigenvalue weighted by molar-refractivity contribution is -0.140. The van der Waals surface area contributed by atoms with Crippen LogP contribution in [0.2, 0.25) is 5.02 Å². The van der Waals surface area contributed by atoms with Gasteiger partial charge in [0.2, 0.25) is 5.91 Å². The highest BCUT2D eigenvalue weighted by Gasteiger charge is 2.24. The number of rotatable bonds is 13. The van der Waals surface area contributed by atoms with E-state index in [0.717, 1.165) is 31.2 Å². The smallest absolute Gasteiger partial charge is 0.327 e. The quantitative estimate of drug-likeness (QED) is 0.460. The van der Waals surface area contributed by atoms with E-state index in [2.05, 4.69) is 12.2 Å². The first-order valence-corrected chi connectivity index (χ1v) is 10.7. The maximum Gasteiger partial charge on any atom is 0.327 e. The Bertz CT molecular complexity index is 638. The largest absolute Gasteiger partial charge is 0.480 e. The van der Waals surface area contributed by atoms with Crippen LogP contribution in [0.1, 0.15) is 63.2 Å². The number of amides is 1. The van der Waals surface area contributed by atoms with Crippen LogP contribution in [0.5, 0.6) is 0 Å². The van der Waals surface area contributed by atoms with E-state index in [-0.39, 0.29) is 16.8 Å². The Morgan fingerprint density at radius 2 is 1.89 bits per heavy atom. The number of Topliss-reactive ketones (excluding diaryl/α,β-unsaturated/α-hetero) is 1. The summed E-state index contributed by atoms with van der Waals surface area (Å²) in [7, 11) is 0. The molecule has 0 saturated heterocycles. The van der Waals surface area contributed by atoms with Crippen LogP contribution in [0, 0.1) is 0 Å². The van der Waals surface area contributed by atoms with Gasteiger partial charge >= 0.3 is 5.97 Å². The summed E-state index contributed by atoms with van der Waals surface area (Å²) in [5, 5.41) is 12.0. The maximum absolute atomic E-state index is 12.4. The number of hydrogen-bond donors (Lipinski definition) is 2. The number of carbonyl (C=O) groups is 3. The highest BCUT2D eigenvalue weighted by molar-refractivity contribution is 7.99. The van der Waals surface area contributed by atoms with Gasteiger partial charge in [-0.3, -0.25) is 9.59 Å². The molecule has 0 aliphatic rings. The van der Waals surface area contributed by atoms with Crippen molar-refractivity contribution in [2.24, 2.45) is 0 Å². The first-order valence-electron chi connectivity index (χ1n) is 9.22. The van der Waals surface area contributed by atoms with E-state index in [4.69, 9.17) is 11.6 Å². The number of halogens is 1. The van der Waals surface area contributed by atoms with Crippen molar-refractivity contribution in [3.63, 3.8) is 0 Å². The predicted molar refractivity (Wildman–Crippen MR) is 110 cm³/mol. The molecule has 0 aromatic heterocycles. The number of unbranched alkanes of at least 4 members (excludes halogenated alkanes) is 3. The zero-order chi connectivity index (χ0) is 20.2. The minimum atomic E-state index is -1.10. The lowest BCUT2D eigenvalue weighted by atomic mass is 10.0. The van der Waals surface area contributed by atoms with E-state index in [9.17, 15) is 19.5 Å². The van der Waals surface area contributed by atoms with E-state index >= 15 is 0 Å². The Morgan fingerprint density at radius 1 is 1.19 bits per heavy atom. The summed E-state index contributed by atoms with van der Waals surface area (Å²) in [4.78, 5) is 35.0. The molecule has 0 bridgehead atoms. The van der Waals surface area contributed by atoms with E-state index in [1.54, 1.807) is 6.07 Å². The van der Waals surface area contributed by atoms with Gasteiger partial charge in [0.05, 0.1) is 0 Å². The van der Waals surface area contributed by atoms with Crippen LogP contribution in [-0.4, -0.2) is 34.6 Å². The monoisotopic (exact) mass is 413 g/mol. The molecule has 27 heavy (non-hydrogen) atoms. The molecule has 0 radical (unpaired) electrons. The fourth-order valence-electron chi connectivity index (χ4n) is 2.69. The van der Waals surface area contributed by atoms with Gasteiger partial charge in [0.1, 0.15) is 11.8 Å². The molecule has 1 aromatic rings. The summed E-state index contributed by atoms with van der Waals surface area (Å²) < 4.78 is 0. The number of ketones is 1. The van der Waals surface area contributed by atoms with Gasteiger partial charge in [-0.25, -0.2) is 4.79 Å². The lowest BCUT2D eigenvalue weighted by Crippen LogP contribution is -2.41. The van der Waals surface area contributed by atoms with Crippen molar-refractivity contribution < 1.29 is 19.5 Å². The van der Waals surface area contributed by atoms with Gasteiger partial charge in [0, 0.05) is 35.8 Å². The lowest BCUT2D eigenvalue weighted by Gasteiger charge is -2.20. The third kappa shape index (κ3) is 9.29. The summed E-state index contributed by atoms with van der Waals surface area (Å²) >= 11 is 7.64. The van der Waals surface area contributed by atoms with Gasteiger partial charge in [0.15, 0.2) is 0 Å². The second kappa shape index (κ2) is 12.8. The third-order valence-corrected chi connectivity index (χ3v) is 5.81. The van der Waals surface area contributed by atoms with E-state index in [0.29, 0.717) is 17.9 Å². The van der Waals surface area contributed by atoms with Crippen LogP contribution in [0.15, 0.2) is 24.3 Å². The molecule has 150 valence electrons. The summed E-state index contributed by atoms with van der Waals surface area (Å²) in [5.74, 6) is -1.19. The standard InChI is InChI=1S/C20H28ClNO4S/c1-3-4-5-6-9-15(24)12-19(16-10-7-8-11-17(16)21)27-13-18(20(25)26)22-14(2)23/h7-8,10-11,18-19H,3-6,9,12-13H2,1-2H3,(H,22,23)(H,25,26)/t18-,19+/m0/s1. The highest BCUT2D eigenvalue weighted by Crippen LogP contribution is 2.37. The first kappa shape index (κ1) is 23.5. The first-order chi connectivity index (χ1) is 12.8. The maximum atomic E-state index is 12.4. The number of aliphatic carboxylic acids is 1. The molecule has 7 heteroatoms. The molecule has 0 heterocycles. The molecular formula is C20H28ClNO4S. The molecule has 1 rings (SSSR count). The number of carbonyl (C=O) groups excluding carboxylic acids is 2. The molecule has 0 aliphatic carbocycles. The van der Waals surface area contributed by atoms with Gasteiger partial charge in [0.25, 0.3) is 0 Å². The number of carboxylic acid groups (broad SMARTS) is 1. The van der Waals surface area contributed by atoms with Crippen LogP contribution < -0.4 is 5.32 Å². The van der Waals surface area contributed by atoms with Gasteiger partial charge in [-0.2, -0.15) is 11.8 Å². The molecule has 0 aliphatic heterocycles. The normalized spacial score (nSPS) is 13.0. The Labute approximate surface area is 170 Å². The van der Waals surface area contributed by atoms with Crippen LogP contribution in [0.25, 0.3) is 0 Å². The summed E-state index contributed by atoms with van der Waals surface area (Å²) in [6, 6.07) is 6.29. The second-order valence-corrected chi connectivity index (χ2v) is 8.13. The number of nitrogens with one attached hydrogen (secondary N) is 1. The summed E-state index contributed by atoms with van der Waals surface area (Å²) in [6.07, 6.45) is 4.97. The molecule has 5 nitrogen and oxygen atoms in total. The highest BCUT2D eigenvalue weighted by atomic mass is 35.5. The average molecular weight is 414 g/mol. The van der Waals surface area contributed by atoms with Gasteiger partial charge < -0.3 is 10.4 Å². The number of benzene rings is 1. The van der Waals surface area contributed by atoms with Crippen molar-refractivity contribution in [1.82, 2.24) is 5.32 Å². The Kier molecular flexibility index (Phi) is 11.1. The van der Waals surface area contributed by atoms with Crippen LogP contribution in [0.4, 0.5) is 0 Å². The fraction of sp³-hybridized carbons (Fsp3) is 0.550. The van der Waals surface area contributed by atoms with Crippen LogP contribution >= 0.6 is 23.4 Å². The minimum Gasteiger partial charge on any atom is -0.480 e. The van der Waals surface area contributed by atoms with Crippen molar-refractivity contribution in [1.29, 1.82) is 0 Å². The topological polar surface area (TPSA) is 83.5 Å². The molecule has 0 saturated carbocycles. The van der Waals surface area contributed by atoms with E-state index < -0.39 is 17.9 Å². The van der Waals surface area contributed by atoms with Crippen LogP contribution in [0.3, 0.4) is 0 Å². The molecule has 1 aromatic carbocycles. The second-order valence-electron chi connectivity index (χ2n) is 6.49. The fourth-order valence-corrected chi connectivity index (χ4v) is 4.36. The van der Waals surface area contributed by atoms with Gasteiger partial charge in [-0.05, 0) is 18.1 Å². The Hall–Kier alpha value is -1.53. The Morgan fingerprint density at radius 3 is 2.48 bits per heavy atom. The van der Waals surface area contributed by atoms with Crippen molar-refractivity contribution >= 4 is 41.0 Å². The van der Waals surface area contributed by atoms with Gasteiger partial charge in [-0.1, -0.05) is 56.0 Å². The van der Waals surface area contributed by atoms with Crippen molar-refractivity contribution in [2.45, 2.75) is 63.7 Å². The zero-order valence-corrected chi connectivity index (χ0v) is 17.4. The predicted octanol–water partition coefficient (Wildman–Crippen LogP) is 4.63. The molecule has 1 amide bonds. The van der Waals surface area contributed by atoms with Crippen molar-refractivity contribution in [2.75, 3.05) is 5.75 Å². The van der Waals surface area contributed by atoms with Gasteiger partial charge in [-0.15, -0.1) is 0 Å². The van der Waals surface area contributed by atoms with E-state index in [1.165, 1.54) is 18.7 Å². The number of carboxylic acids is 1. The number of thioether (sulfide) groups is 1. The minimum absolute atomic E-state index is 0.148. The molecule has 0 fully saturated rings. The molecule has 2 atom stereocenters. The molecule has 0 unspecified atom stereocenters.